The molecule has 0 bridgehead atoms. The average Bonchev–Trinajstić information content (AvgIpc) is 3.18. The lowest BCUT2D eigenvalue weighted by Gasteiger charge is -2.31. The molecule has 1 aliphatic carbocycles. The van der Waals surface area contributed by atoms with E-state index in [-0.39, 0.29) is 30.6 Å². The second-order valence-electron chi connectivity index (χ2n) is 10.3. The minimum Gasteiger partial charge on any atom is -0.447 e. The van der Waals surface area contributed by atoms with Crippen LogP contribution in [0.3, 0.4) is 0 Å². The number of nitrogens with one attached hydrogen (secondary N) is 2. The Bertz CT molecular complexity index is 641. The topological polar surface area (TPSA) is 123 Å². The summed E-state index contributed by atoms with van der Waals surface area (Å²) in [6.45, 7) is 10.2. The van der Waals surface area contributed by atoms with Crippen LogP contribution in [0, 0.1) is 5.92 Å². The van der Waals surface area contributed by atoms with Crippen LogP contribution in [-0.2, 0) is 19.1 Å². The smallest absolute Gasteiger partial charge is 0.408 e. The Morgan fingerprint density at radius 2 is 1.75 bits per heavy atom. The summed E-state index contributed by atoms with van der Waals surface area (Å²) in [4.78, 5) is 40.0. The number of hydrogen-bond donors (Lipinski definition) is 3. The third-order valence-electron chi connectivity index (χ3n) is 5.91. The second kappa shape index (κ2) is 11.8. The van der Waals surface area contributed by atoms with Gasteiger partial charge in [-0.1, -0.05) is 0 Å². The molecule has 1 saturated heterocycles. The quantitative estimate of drug-likeness (QED) is 0.515. The SMILES string of the molecule is CC(C)OC(=O)N[C@H](COC(C)(C)C)C(=O)N1CCC[C@H]1C(=O)NCC1CCC(N)CC1. The first-order valence-electron chi connectivity index (χ1n) is 11.9. The van der Waals surface area contributed by atoms with Gasteiger partial charge in [0.25, 0.3) is 0 Å². The van der Waals surface area contributed by atoms with Gasteiger partial charge >= 0.3 is 6.09 Å². The fourth-order valence-electron chi connectivity index (χ4n) is 4.16. The van der Waals surface area contributed by atoms with E-state index in [0.29, 0.717) is 25.4 Å². The monoisotopic (exact) mass is 454 g/mol. The minimum absolute atomic E-state index is 0.00268. The lowest BCUT2D eigenvalue weighted by Crippen LogP contribution is -2.56. The van der Waals surface area contributed by atoms with Gasteiger partial charge in [-0.3, -0.25) is 9.59 Å². The van der Waals surface area contributed by atoms with E-state index < -0.39 is 23.8 Å². The highest BCUT2D eigenvalue weighted by atomic mass is 16.6. The lowest BCUT2D eigenvalue weighted by molar-refractivity contribution is -0.142. The van der Waals surface area contributed by atoms with Gasteiger partial charge in [-0.2, -0.15) is 0 Å². The highest BCUT2D eigenvalue weighted by Gasteiger charge is 2.38. The number of carbonyl (C=O) groups is 3. The summed E-state index contributed by atoms with van der Waals surface area (Å²) >= 11 is 0. The van der Waals surface area contributed by atoms with Crippen molar-refractivity contribution in [1.29, 1.82) is 0 Å². The number of amides is 3. The number of carbonyl (C=O) groups excluding carboxylic acids is 3. The van der Waals surface area contributed by atoms with Gasteiger partial charge in [0.05, 0.1) is 18.3 Å². The van der Waals surface area contributed by atoms with Crippen LogP contribution in [-0.4, -0.2) is 72.3 Å². The largest absolute Gasteiger partial charge is 0.447 e. The fraction of sp³-hybridized carbons (Fsp3) is 0.870. The molecule has 2 fully saturated rings. The summed E-state index contributed by atoms with van der Waals surface area (Å²) in [7, 11) is 0. The molecule has 0 spiro atoms. The highest BCUT2D eigenvalue weighted by Crippen LogP contribution is 2.23. The molecule has 184 valence electrons. The number of nitrogens with zero attached hydrogens (tertiary/aromatic N) is 1. The van der Waals surface area contributed by atoms with Crippen LogP contribution in [0.5, 0.6) is 0 Å². The molecule has 4 N–H and O–H groups in total. The molecule has 0 aromatic heterocycles. The minimum atomic E-state index is -0.922. The first kappa shape index (κ1) is 26.4. The molecule has 1 heterocycles. The summed E-state index contributed by atoms with van der Waals surface area (Å²) in [5, 5.41) is 5.66. The molecule has 0 aromatic rings. The van der Waals surface area contributed by atoms with Gasteiger partial charge in [0.15, 0.2) is 0 Å². The standard InChI is InChI=1S/C23H42N4O5/c1-15(2)32-22(30)26-18(14-31-23(3,4)5)21(29)27-12-6-7-19(27)20(28)25-13-16-8-10-17(24)11-9-16/h15-19H,6-14,24H2,1-5H3,(H,25,28)(H,26,30)/t16?,17?,18-,19+/m1/s1. The van der Waals surface area contributed by atoms with Crippen LogP contribution >= 0.6 is 0 Å². The second-order valence-corrected chi connectivity index (χ2v) is 10.3. The van der Waals surface area contributed by atoms with Crippen molar-refractivity contribution < 1.29 is 23.9 Å². The molecule has 0 unspecified atom stereocenters. The maximum Gasteiger partial charge on any atom is 0.408 e. The van der Waals surface area contributed by atoms with Crippen molar-refractivity contribution in [2.45, 2.75) is 103 Å². The molecule has 0 radical (unpaired) electrons. The number of ether oxygens (including phenoxy) is 2. The van der Waals surface area contributed by atoms with Crippen molar-refractivity contribution in [3.63, 3.8) is 0 Å². The number of rotatable bonds is 8. The van der Waals surface area contributed by atoms with E-state index >= 15 is 0 Å². The Hall–Kier alpha value is -1.87. The van der Waals surface area contributed by atoms with Gasteiger partial charge in [-0.15, -0.1) is 0 Å². The van der Waals surface area contributed by atoms with E-state index in [1.54, 1.807) is 18.7 Å². The van der Waals surface area contributed by atoms with Crippen molar-refractivity contribution in [2.75, 3.05) is 19.7 Å². The summed E-state index contributed by atoms with van der Waals surface area (Å²) in [6, 6.07) is -1.19. The normalized spacial score (nSPS) is 24.8. The van der Waals surface area contributed by atoms with Gasteiger partial charge < -0.3 is 30.7 Å². The Morgan fingerprint density at radius 3 is 2.34 bits per heavy atom. The van der Waals surface area contributed by atoms with Crippen molar-refractivity contribution >= 4 is 17.9 Å². The molecule has 1 aliphatic heterocycles. The number of alkyl carbamates (subject to hydrolysis) is 1. The molecule has 9 nitrogen and oxygen atoms in total. The van der Waals surface area contributed by atoms with Crippen LogP contribution < -0.4 is 16.4 Å². The zero-order valence-corrected chi connectivity index (χ0v) is 20.3. The third-order valence-corrected chi connectivity index (χ3v) is 5.91. The Morgan fingerprint density at radius 1 is 1.09 bits per heavy atom. The van der Waals surface area contributed by atoms with Crippen LogP contribution in [0.15, 0.2) is 0 Å². The highest BCUT2D eigenvalue weighted by molar-refractivity contribution is 5.92. The maximum absolute atomic E-state index is 13.3. The van der Waals surface area contributed by atoms with Gasteiger partial charge in [0.2, 0.25) is 11.8 Å². The van der Waals surface area contributed by atoms with Gasteiger partial charge in [-0.25, -0.2) is 4.79 Å². The zero-order chi connectivity index (χ0) is 23.9. The van der Waals surface area contributed by atoms with E-state index in [2.05, 4.69) is 10.6 Å². The van der Waals surface area contributed by atoms with Crippen molar-refractivity contribution in [3.8, 4) is 0 Å². The first-order chi connectivity index (χ1) is 15.0. The van der Waals surface area contributed by atoms with E-state index in [4.69, 9.17) is 15.2 Å². The third kappa shape index (κ3) is 8.58. The number of hydrogen-bond acceptors (Lipinski definition) is 6. The molecular weight excluding hydrogens is 412 g/mol. The van der Waals surface area contributed by atoms with Crippen LogP contribution in [0.4, 0.5) is 4.79 Å². The molecule has 9 heteroatoms. The van der Waals surface area contributed by atoms with Crippen LogP contribution in [0.1, 0.15) is 73.1 Å². The van der Waals surface area contributed by atoms with E-state index in [1.165, 1.54) is 0 Å². The summed E-state index contributed by atoms with van der Waals surface area (Å²) in [5.41, 5.74) is 5.48. The Labute approximate surface area is 192 Å². The Balaban J connectivity index is 1.99. The van der Waals surface area contributed by atoms with E-state index in [1.807, 2.05) is 20.8 Å². The van der Waals surface area contributed by atoms with E-state index in [9.17, 15) is 14.4 Å². The summed E-state index contributed by atoms with van der Waals surface area (Å²) in [5.74, 6) is -0.0214. The zero-order valence-electron chi connectivity index (χ0n) is 20.3. The van der Waals surface area contributed by atoms with Crippen LogP contribution in [0.2, 0.25) is 0 Å². The predicted molar refractivity (Wildman–Crippen MR) is 122 cm³/mol. The molecule has 3 amide bonds. The van der Waals surface area contributed by atoms with E-state index in [0.717, 1.165) is 32.1 Å². The first-order valence-corrected chi connectivity index (χ1v) is 11.9. The molecule has 32 heavy (non-hydrogen) atoms. The maximum atomic E-state index is 13.3. The summed E-state index contributed by atoms with van der Waals surface area (Å²) in [6.07, 6.45) is 4.37. The lowest BCUT2D eigenvalue weighted by atomic mass is 9.86. The Kier molecular flexibility index (Phi) is 9.76. The van der Waals surface area contributed by atoms with Gasteiger partial charge in [-0.05, 0) is 79.1 Å². The molecular formula is C23H42N4O5. The molecule has 2 aliphatic rings. The molecule has 2 atom stereocenters. The van der Waals surface area contributed by atoms with Crippen molar-refractivity contribution in [1.82, 2.24) is 15.5 Å². The molecule has 1 saturated carbocycles. The molecule has 2 rings (SSSR count). The fourth-order valence-corrected chi connectivity index (χ4v) is 4.16. The molecule has 0 aromatic carbocycles. The predicted octanol–water partition coefficient (Wildman–Crippen LogP) is 1.93. The van der Waals surface area contributed by atoms with Crippen LogP contribution in [0.25, 0.3) is 0 Å². The number of nitrogens with two attached hydrogens (primary N) is 1. The van der Waals surface area contributed by atoms with Crippen molar-refractivity contribution in [3.05, 3.63) is 0 Å². The van der Waals surface area contributed by atoms with Gasteiger partial charge in [0, 0.05) is 19.1 Å². The van der Waals surface area contributed by atoms with Gasteiger partial charge in [0.1, 0.15) is 12.1 Å². The average molecular weight is 455 g/mol. The van der Waals surface area contributed by atoms with Crippen molar-refractivity contribution in [2.24, 2.45) is 11.7 Å². The number of likely N-dealkylation sites (tertiary alicyclic amines) is 1. The summed E-state index contributed by atoms with van der Waals surface area (Å²) < 4.78 is 10.9.